The molecule has 0 aliphatic carbocycles. The second-order valence-corrected chi connectivity index (χ2v) is 5.83. The Morgan fingerprint density at radius 2 is 1.85 bits per heavy atom. The molecule has 0 aromatic rings. The Morgan fingerprint density at radius 1 is 1.25 bits per heavy atom. The minimum Gasteiger partial charge on any atom is -0.481 e. The minimum atomic E-state index is -0.858. The van der Waals surface area contributed by atoms with Crippen LogP contribution in [0.2, 0.25) is 0 Å². The van der Waals surface area contributed by atoms with Gasteiger partial charge in [-0.3, -0.25) is 4.79 Å². The summed E-state index contributed by atoms with van der Waals surface area (Å²) in [6.07, 6.45) is 1.46. The molecule has 6 nitrogen and oxygen atoms in total. The molecule has 0 saturated carbocycles. The van der Waals surface area contributed by atoms with Crippen LogP contribution < -0.4 is 5.32 Å². The molecule has 0 heterocycles. The summed E-state index contributed by atoms with van der Waals surface area (Å²) in [6.45, 7) is 7.57. The van der Waals surface area contributed by atoms with E-state index < -0.39 is 23.6 Å². The Hall–Kier alpha value is -1.30. The molecule has 118 valence electrons. The van der Waals surface area contributed by atoms with Crippen molar-refractivity contribution in [3.05, 3.63) is 0 Å². The van der Waals surface area contributed by atoms with Gasteiger partial charge in [-0.25, -0.2) is 4.79 Å². The Labute approximate surface area is 120 Å². The van der Waals surface area contributed by atoms with E-state index in [0.29, 0.717) is 13.0 Å². The lowest BCUT2D eigenvalue weighted by Crippen LogP contribution is -2.33. The number of aliphatic carboxylic acids is 1. The van der Waals surface area contributed by atoms with Crippen LogP contribution in [-0.4, -0.2) is 42.5 Å². The van der Waals surface area contributed by atoms with E-state index in [0.717, 1.165) is 12.8 Å². The second-order valence-electron chi connectivity index (χ2n) is 5.83. The van der Waals surface area contributed by atoms with Crippen LogP contribution in [0.4, 0.5) is 4.79 Å². The summed E-state index contributed by atoms with van der Waals surface area (Å²) < 4.78 is 10.3. The number of ether oxygens (including phenoxy) is 2. The number of hydrogen-bond acceptors (Lipinski definition) is 4. The monoisotopic (exact) mass is 289 g/mol. The summed E-state index contributed by atoms with van der Waals surface area (Å²) >= 11 is 0. The summed E-state index contributed by atoms with van der Waals surface area (Å²) in [7, 11) is 1.52. The van der Waals surface area contributed by atoms with Gasteiger partial charge in [0.15, 0.2) is 0 Å². The fraction of sp³-hybridized carbons (Fsp3) is 0.857. The van der Waals surface area contributed by atoms with Crippen LogP contribution in [0, 0.1) is 5.92 Å². The van der Waals surface area contributed by atoms with Crippen molar-refractivity contribution >= 4 is 12.1 Å². The zero-order valence-corrected chi connectivity index (χ0v) is 13.1. The third kappa shape index (κ3) is 8.74. The first kappa shape index (κ1) is 18.7. The molecular formula is C14H27NO5. The van der Waals surface area contributed by atoms with Crippen LogP contribution in [0.25, 0.3) is 0 Å². The Bertz CT molecular complexity index is 311. The molecule has 1 amide bonds. The van der Waals surface area contributed by atoms with Gasteiger partial charge in [-0.1, -0.05) is 0 Å². The molecular weight excluding hydrogens is 262 g/mol. The molecule has 0 saturated heterocycles. The fourth-order valence-electron chi connectivity index (χ4n) is 1.71. The normalized spacial score (nSPS) is 14.4. The van der Waals surface area contributed by atoms with E-state index >= 15 is 0 Å². The van der Waals surface area contributed by atoms with Crippen LogP contribution in [0.1, 0.15) is 47.0 Å². The number of unbranched alkanes of at least 4 members (excludes halogenated alkanes) is 1. The molecule has 0 bridgehead atoms. The second kappa shape index (κ2) is 8.79. The van der Waals surface area contributed by atoms with Gasteiger partial charge in [0.1, 0.15) is 5.60 Å². The number of rotatable bonds is 8. The number of methoxy groups -OCH3 is 1. The van der Waals surface area contributed by atoms with Crippen LogP contribution in [0.3, 0.4) is 0 Å². The van der Waals surface area contributed by atoms with Crippen molar-refractivity contribution in [2.45, 2.75) is 58.7 Å². The number of amides is 1. The number of nitrogens with one attached hydrogen (secondary N) is 1. The molecule has 0 aromatic heterocycles. The maximum atomic E-state index is 11.4. The predicted molar refractivity (Wildman–Crippen MR) is 75.7 cm³/mol. The molecule has 2 atom stereocenters. The number of carboxylic acid groups (broad SMARTS) is 1. The molecule has 0 aliphatic rings. The van der Waals surface area contributed by atoms with E-state index in [1.165, 1.54) is 7.11 Å². The zero-order valence-electron chi connectivity index (χ0n) is 13.1. The third-order valence-electron chi connectivity index (χ3n) is 2.83. The summed E-state index contributed by atoms with van der Waals surface area (Å²) in [4.78, 5) is 22.2. The van der Waals surface area contributed by atoms with E-state index in [-0.39, 0.29) is 6.10 Å². The minimum absolute atomic E-state index is 0.297. The van der Waals surface area contributed by atoms with Crippen LogP contribution >= 0.6 is 0 Å². The van der Waals surface area contributed by atoms with Gasteiger partial charge in [-0.2, -0.15) is 0 Å². The van der Waals surface area contributed by atoms with Gasteiger partial charge >= 0.3 is 12.1 Å². The maximum Gasteiger partial charge on any atom is 0.407 e. The first-order chi connectivity index (χ1) is 9.17. The molecule has 6 heteroatoms. The number of carbonyl (C=O) groups excluding carboxylic acids is 1. The van der Waals surface area contributed by atoms with E-state index in [1.54, 1.807) is 6.92 Å². The largest absolute Gasteiger partial charge is 0.481 e. The van der Waals surface area contributed by atoms with Crippen molar-refractivity contribution in [2.75, 3.05) is 13.7 Å². The van der Waals surface area contributed by atoms with Gasteiger partial charge in [0.25, 0.3) is 0 Å². The highest BCUT2D eigenvalue weighted by atomic mass is 16.6. The van der Waals surface area contributed by atoms with Crippen LogP contribution in [0.15, 0.2) is 0 Å². The number of alkyl carbamates (subject to hydrolysis) is 1. The van der Waals surface area contributed by atoms with Crippen molar-refractivity contribution in [3.63, 3.8) is 0 Å². The third-order valence-corrected chi connectivity index (χ3v) is 2.83. The van der Waals surface area contributed by atoms with Crippen LogP contribution in [-0.2, 0) is 14.3 Å². The van der Waals surface area contributed by atoms with Crippen molar-refractivity contribution in [1.29, 1.82) is 0 Å². The van der Waals surface area contributed by atoms with Crippen molar-refractivity contribution in [2.24, 2.45) is 5.92 Å². The first-order valence-electron chi connectivity index (χ1n) is 6.90. The highest BCUT2D eigenvalue weighted by molar-refractivity contribution is 5.70. The van der Waals surface area contributed by atoms with Crippen LogP contribution in [0.5, 0.6) is 0 Å². The van der Waals surface area contributed by atoms with E-state index in [9.17, 15) is 9.59 Å². The fourth-order valence-corrected chi connectivity index (χ4v) is 1.71. The quantitative estimate of drug-likeness (QED) is 0.670. The highest BCUT2D eigenvalue weighted by Gasteiger charge is 2.22. The zero-order chi connectivity index (χ0) is 15.8. The van der Waals surface area contributed by atoms with Gasteiger partial charge in [0.05, 0.1) is 12.0 Å². The number of carboxylic acids is 1. The van der Waals surface area contributed by atoms with E-state index in [4.69, 9.17) is 14.6 Å². The summed E-state index contributed by atoms with van der Waals surface area (Å²) in [6, 6.07) is 0. The maximum absolute atomic E-state index is 11.4. The molecule has 0 aromatic carbocycles. The molecule has 1 unspecified atom stereocenters. The molecule has 0 spiro atoms. The van der Waals surface area contributed by atoms with E-state index in [1.807, 2.05) is 20.8 Å². The van der Waals surface area contributed by atoms with E-state index in [2.05, 4.69) is 5.32 Å². The standard InChI is InChI=1S/C14H27NO5/c1-10(12(16)17)11(19-5)8-6-7-9-15-13(18)20-14(2,3)4/h10-11H,6-9H2,1-5H3,(H,15,18)(H,16,17)/t10-,11?/m1/s1. The summed E-state index contributed by atoms with van der Waals surface area (Å²) in [5, 5.41) is 11.6. The number of hydrogen-bond donors (Lipinski definition) is 2. The smallest absolute Gasteiger partial charge is 0.407 e. The molecule has 0 aliphatic heterocycles. The number of carbonyl (C=O) groups is 2. The lowest BCUT2D eigenvalue weighted by molar-refractivity contribution is -0.145. The molecule has 0 rings (SSSR count). The molecule has 0 fully saturated rings. The average molecular weight is 289 g/mol. The lowest BCUT2D eigenvalue weighted by Gasteiger charge is -2.20. The summed E-state index contributed by atoms with van der Waals surface area (Å²) in [5.41, 5.74) is -0.498. The van der Waals surface area contributed by atoms with Gasteiger partial charge in [0, 0.05) is 13.7 Å². The lowest BCUT2D eigenvalue weighted by atomic mass is 9.99. The summed E-state index contributed by atoms with van der Waals surface area (Å²) in [5.74, 6) is -1.39. The topological polar surface area (TPSA) is 84.9 Å². The Morgan fingerprint density at radius 3 is 2.30 bits per heavy atom. The molecule has 0 radical (unpaired) electrons. The average Bonchev–Trinajstić information content (AvgIpc) is 2.30. The van der Waals surface area contributed by atoms with Crippen molar-refractivity contribution in [3.8, 4) is 0 Å². The van der Waals surface area contributed by atoms with Gasteiger partial charge in [-0.05, 0) is 47.0 Å². The predicted octanol–water partition coefficient (Wildman–Crippen LogP) is 2.42. The first-order valence-corrected chi connectivity index (χ1v) is 6.90. The SMILES string of the molecule is COC(CCCCNC(=O)OC(C)(C)C)[C@@H](C)C(=O)O. The van der Waals surface area contributed by atoms with Crippen molar-refractivity contribution < 1.29 is 24.2 Å². The van der Waals surface area contributed by atoms with Gasteiger partial charge in [0.2, 0.25) is 0 Å². The Kier molecular flexibility index (Phi) is 8.22. The van der Waals surface area contributed by atoms with Gasteiger partial charge < -0.3 is 19.9 Å². The van der Waals surface area contributed by atoms with Crippen molar-refractivity contribution in [1.82, 2.24) is 5.32 Å². The van der Waals surface area contributed by atoms with Gasteiger partial charge in [-0.15, -0.1) is 0 Å². The Balaban J connectivity index is 3.80. The molecule has 2 N–H and O–H groups in total. The molecule has 20 heavy (non-hydrogen) atoms. The highest BCUT2D eigenvalue weighted by Crippen LogP contribution is 2.14.